The molecular weight excluding hydrogens is 405 g/mol. The van der Waals surface area contributed by atoms with Crippen LogP contribution in [0.5, 0.6) is 0 Å². The molecule has 1 saturated carbocycles. The number of pyridine rings is 1. The van der Waals surface area contributed by atoms with E-state index >= 15 is 0 Å². The number of benzene rings is 1. The zero-order valence-electron chi connectivity index (χ0n) is 18.9. The van der Waals surface area contributed by atoms with E-state index in [9.17, 15) is 9.18 Å². The molecule has 1 heterocycles. The summed E-state index contributed by atoms with van der Waals surface area (Å²) in [6.45, 7) is 2.10. The van der Waals surface area contributed by atoms with E-state index in [2.05, 4.69) is 23.3 Å². The first-order valence-electron chi connectivity index (χ1n) is 11.5. The summed E-state index contributed by atoms with van der Waals surface area (Å²) in [4.78, 5) is 18.0. The van der Waals surface area contributed by atoms with Crippen LogP contribution in [0, 0.1) is 5.82 Å². The fourth-order valence-electron chi connectivity index (χ4n) is 4.80. The number of methoxy groups -OCH3 is 1. The Morgan fingerprint density at radius 1 is 1.25 bits per heavy atom. The summed E-state index contributed by atoms with van der Waals surface area (Å²) < 4.78 is 18.9. The van der Waals surface area contributed by atoms with Crippen molar-refractivity contribution < 1.29 is 13.9 Å². The summed E-state index contributed by atoms with van der Waals surface area (Å²) in [5, 5.41) is 3.68. The molecule has 0 bridgehead atoms. The fraction of sp³-hybridized carbons (Fsp3) is 0.462. The Balaban J connectivity index is 1.67. The second-order valence-electron chi connectivity index (χ2n) is 8.92. The topological polar surface area (TPSA) is 77.2 Å². The summed E-state index contributed by atoms with van der Waals surface area (Å²) in [5.74, 6) is -0.331. The van der Waals surface area contributed by atoms with Gasteiger partial charge in [0, 0.05) is 43.8 Å². The second kappa shape index (κ2) is 9.92. The lowest BCUT2D eigenvalue weighted by Gasteiger charge is -2.29. The summed E-state index contributed by atoms with van der Waals surface area (Å²) >= 11 is 0. The van der Waals surface area contributed by atoms with E-state index < -0.39 is 0 Å². The van der Waals surface area contributed by atoms with Crippen LogP contribution in [0.2, 0.25) is 0 Å². The molecule has 1 fully saturated rings. The van der Waals surface area contributed by atoms with E-state index in [-0.39, 0.29) is 36.2 Å². The number of rotatable bonds is 8. The average molecular weight is 438 g/mol. The van der Waals surface area contributed by atoms with Crippen LogP contribution in [0.3, 0.4) is 0 Å². The SMILES string of the molecule is CCC(OC)C1=Cc2c(ncc(C(=O)Cc3ccc(F)cc3)c2NC2CCC(N)CC2)C1. The summed E-state index contributed by atoms with van der Waals surface area (Å²) in [7, 11) is 1.73. The van der Waals surface area contributed by atoms with Crippen LogP contribution in [0.25, 0.3) is 6.08 Å². The van der Waals surface area contributed by atoms with Gasteiger partial charge in [-0.15, -0.1) is 0 Å². The number of ether oxygens (including phenoxy) is 1. The minimum atomic E-state index is -0.306. The Morgan fingerprint density at radius 2 is 1.97 bits per heavy atom. The molecule has 1 atom stereocenters. The van der Waals surface area contributed by atoms with Crippen molar-refractivity contribution in [3.63, 3.8) is 0 Å². The molecule has 2 aliphatic carbocycles. The molecule has 3 N–H and O–H groups in total. The van der Waals surface area contributed by atoms with Crippen molar-refractivity contribution in [2.24, 2.45) is 5.73 Å². The maximum absolute atomic E-state index is 13.3. The minimum absolute atomic E-state index is 0.0254. The molecule has 1 aromatic heterocycles. The Morgan fingerprint density at radius 3 is 2.62 bits per heavy atom. The number of ketones is 1. The van der Waals surface area contributed by atoms with E-state index in [4.69, 9.17) is 10.5 Å². The monoisotopic (exact) mass is 437 g/mol. The number of Topliss-reactive ketones (excluding diaryl/α,β-unsaturated/α-hetero) is 1. The van der Waals surface area contributed by atoms with Gasteiger partial charge >= 0.3 is 0 Å². The van der Waals surface area contributed by atoms with Crippen molar-refractivity contribution in [1.29, 1.82) is 0 Å². The quantitative estimate of drug-likeness (QED) is 0.586. The van der Waals surface area contributed by atoms with Gasteiger partial charge in [0.15, 0.2) is 5.78 Å². The largest absolute Gasteiger partial charge is 0.381 e. The highest BCUT2D eigenvalue weighted by atomic mass is 19.1. The van der Waals surface area contributed by atoms with Gasteiger partial charge in [0.25, 0.3) is 0 Å². The van der Waals surface area contributed by atoms with Gasteiger partial charge in [-0.2, -0.15) is 0 Å². The van der Waals surface area contributed by atoms with Crippen molar-refractivity contribution in [3.05, 3.63) is 64.2 Å². The van der Waals surface area contributed by atoms with Crippen LogP contribution >= 0.6 is 0 Å². The molecule has 32 heavy (non-hydrogen) atoms. The molecule has 0 aliphatic heterocycles. The molecule has 6 heteroatoms. The zero-order chi connectivity index (χ0) is 22.7. The third kappa shape index (κ3) is 4.92. The summed E-state index contributed by atoms with van der Waals surface area (Å²) in [6.07, 6.45) is 9.64. The number of nitrogens with two attached hydrogens (primary N) is 1. The first-order valence-corrected chi connectivity index (χ1v) is 11.5. The number of nitrogens with zero attached hydrogens (tertiary/aromatic N) is 1. The van der Waals surface area contributed by atoms with Gasteiger partial charge in [-0.05, 0) is 61.4 Å². The van der Waals surface area contributed by atoms with E-state index in [1.807, 2.05) is 0 Å². The zero-order valence-corrected chi connectivity index (χ0v) is 18.9. The van der Waals surface area contributed by atoms with Crippen LogP contribution in [0.1, 0.15) is 66.2 Å². The van der Waals surface area contributed by atoms with Crippen molar-refractivity contribution in [3.8, 4) is 0 Å². The van der Waals surface area contributed by atoms with Gasteiger partial charge in [0.2, 0.25) is 0 Å². The highest BCUT2D eigenvalue weighted by molar-refractivity contribution is 6.04. The van der Waals surface area contributed by atoms with E-state index in [1.165, 1.54) is 17.7 Å². The van der Waals surface area contributed by atoms with Crippen LogP contribution < -0.4 is 11.1 Å². The second-order valence-corrected chi connectivity index (χ2v) is 8.92. The Kier molecular flexibility index (Phi) is 7.01. The first-order chi connectivity index (χ1) is 15.5. The van der Waals surface area contributed by atoms with E-state index in [0.29, 0.717) is 5.56 Å². The summed E-state index contributed by atoms with van der Waals surface area (Å²) in [6, 6.07) is 6.63. The molecule has 0 saturated heterocycles. The number of carbonyl (C=O) groups is 1. The van der Waals surface area contributed by atoms with Crippen molar-refractivity contribution in [2.45, 2.75) is 70.1 Å². The molecular formula is C26H32FN3O2. The maximum Gasteiger partial charge on any atom is 0.170 e. The first kappa shape index (κ1) is 22.6. The molecule has 2 aromatic rings. The number of fused-ring (bicyclic) bond motifs is 1. The smallest absolute Gasteiger partial charge is 0.170 e. The van der Waals surface area contributed by atoms with Crippen LogP contribution in [0.4, 0.5) is 10.1 Å². The van der Waals surface area contributed by atoms with E-state index in [1.54, 1.807) is 25.4 Å². The van der Waals surface area contributed by atoms with Gasteiger partial charge in [-0.1, -0.05) is 19.1 Å². The predicted molar refractivity (Wildman–Crippen MR) is 125 cm³/mol. The molecule has 0 amide bonds. The van der Waals surface area contributed by atoms with Crippen molar-refractivity contribution in [1.82, 2.24) is 4.98 Å². The number of anilines is 1. The normalized spacial score (nSPS) is 21.1. The molecule has 2 aliphatic rings. The minimum Gasteiger partial charge on any atom is -0.381 e. The van der Waals surface area contributed by atoms with E-state index in [0.717, 1.165) is 61.0 Å². The number of halogens is 1. The number of nitrogens with one attached hydrogen (secondary N) is 1. The van der Waals surface area contributed by atoms with Gasteiger partial charge in [0.1, 0.15) is 5.82 Å². The fourth-order valence-corrected chi connectivity index (χ4v) is 4.80. The van der Waals surface area contributed by atoms with Crippen molar-refractivity contribution >= 4 is 17.5 Å². The van der Waals surface area contributed by atoms with Gasteiger partial charge in [0.05, 0.1) is 23.0 Å². The molecule has 1 aromatic carbocycles. The number of carbonyl (C=O) groups excluding carboxylic acids is 1. The molecule has 4 rings (SSSR count). The van der Waals surface area contributed by atoms with Crippen LogP contribution in [0.15, 0.2) is 36.0 Å². The van der Waals surface area contributed by atoms with Gasteiger partial charge in [-0.25, -0.2) is 4.39 Å². The lowest BCUT2D eigenvalue weighted by atomic mass is 9.91. The lowest BCUT2D eigenvalue weighted by Crippen LogP contribution is -2.33. The summed E-state index contributed by atoms with van der Waals surface area (Å²) in [5.41, 5.74) is 11.5. The standard InChI is InChI=1S/C26H32FN3O2/c1-3-25(32-2)17-13-21-23(14-17)29-15-22(24(31)12-16-4-6-18(27)7-5-16)26(21)30-20-10-8-19(28)9-11-20/h4-7,13,15,19-20,25H,3,8-12,14,28H2,1-2H3,(H,29,30). The Hall–Kier alpha value is -2.57. The molecule has 5 nitrogen and oxygen atoms in total. The maximum atomic E-state index is 13.3. The van der Waals surface area contributed by atoms with Gasteiger partial charge < -0.3 is 15.8 Å². The average Bonchev–Trinajstić information content (AvgIpc) is 3.22. The van der Waals surface area contributed by atoms with Crippen molar-refractivity contribution in [2.75, 3.05) is 12.4 Å². The number of aromatic nitrogens is 1. The molecule has 0 radical (unpaired) electrons. The van der Waals surface area contributed by atoms with Crippen LogP contribution in [-0.4, -0.2) is 36.1 Å². The molecule has 170 valence electrons. The third-order valence-corrected chi connectivity index (χ3v) is 6.67. The highest BCUT2D eigenvalue weighted by Gasteiger charge is 2.28. The Labute approximate surface area is 189 Å². The molecule has 1 unspecified atom stereocenters. The lowest BCUT2D eigenvalue weighted by molar-refractivity contribution is 0.0993. The Bertz CT molecular complexity index is 991. The van der Waals surface area contributed by atoms with Crippen LogP contribution in [-0.2, 0) is 17.6 Å². The number of hydrogen-bond acceptors (Lipinski definition) is 5. The predicted octanol–water partition coefficient (Wildman–Crippen LogP) is 4.69. The van der Waals surface area contributed by atoms with Gasteiger partial charge in [-0.3, -0.25) is 9.78 Å². The molecule has 0 spiro atoms. The highest BCUT2D eigenvalue weighted by Crippen LogP contribution is 2.36. The number of hydrogen-bond donors (Lipinski definition) is 2. The third-order valence-electron chi connectivity index (χ3n) is 6.67.